The molecule has 0 bridgehead atoms. The molecule has 6 nitrogen and oxygen atoms in total. The summed E-state index contributed by atoms with van der Waals surface area (Å²) in [6, 6.07) is 8.32. The molecule has 116 valence electrons. The first-order valence-electron chi connectivity index (χ1n) is 6.67. The number of furan rings is 1. The van der Waals surface area contributed by atoms with Gasteiger partial charge in [-0.2, -0.15) is 0 Å². The topological polar surface area (TPSA) is 79.6 Å². The van der Waals surface area contributed by atoms with Crippen LogP contribution in [-0.2, 0) is 9.59 Å². The molecule has 7 heteroatoms. The first-order chi connectivity index (χ1) is 11.0. The fourth-order valence-electron chi connectivity index (χ4n) is 2.12. The number of urea groups is 1. The molecule has 0 atom stereocenters. The van der Waals surface area contributed by atoms with Crippen molar-refractivity contribution >= 4 is 23.9 Å². The third kappa shape index (κ3) is 2.64. The molecule has 1 N–H and O–H groups in total. The van der Waals surface area contributed by atoms with Crippen molar-refractivity contribution in [3.8, 4) is 11.3 Å². The van der Waals surface area contributed by atoms with Crippen molar-refractivity contribution in [3.63, 3.8) is 0 Å². The summed E-state index contributed by atoms with van der Waals surface area (Å²) in [6.45, 7) is 0. The largest absolute Gasteiger partial charge is 0.457 e. The van der Waals surface area contributed by atoms with Crippen LogP contribution in [0.3, 0.4) is 0 Å². The standard InChI is InChI=1S/C16H11FN2O4/c1-19-15(21)11(14(20)18-16(19)22)8-9-6-7-13(23-9)10-4-2-3-5-12(10)17/h2-8H,1H3,(H,18,20,22)/b11-8+. The van der Waals surface area contributed by atoms with Gasteiger partial charge in [-0.05, 0) is 30.3 Å². The van der Waals surface area contributed by atoms with Crippen molar-refractivity contribution in [3.05, 3.63) is 53.5 Å². The van der Waals surface area contributed by atoms with Gasteiger partial charge in [0.05, 0.1) is 5.56 Å². The van der Waals surface area contributed by atoms with Crippen LogP contribution in [0.5, 0.6) is 0 Å². The van der Waals surface area contributed by atoms with E-state index in [9.17, 15) is 18.8 Å². The lowest BCUT2D eigenvalue weighted by Crippen LogP contribution is -2.52. The van der Waals surface area contributed by atoms with E-state index in [4.69, 9.17) is 4.42 Å². The summed E-state index contributed by atoms with van der Waals surface area (Å²) < 4.78 is 19.2. The molecule has 1 aromatic heterocycles. The van der Waals surface area contributed by atoms with E-state index in [1.54, 1.807) is 18.2 Å². The van der Waals surface area contributed by atoms with Gasteiger partial charge in [0.1, 0.15) is 22.9 Å². The highest BCUT2D eigenvalue weighted by atomic mass is 19.1. The van der Waals surface area contributed by atoms with Crippen LogP contribution in [0.1, 0.15) is 5.76 Å². The van der Waals surface area contributed by atoms with Crippen LogP contribution in [0, 0.1) is 5.82 Å². The third-order valence-electron chi connectivity index (χ3n) is 3.36. The summed E-state index contributed by atoms with van der Waals surface area (Å²) in [4.78, 5) is 35.8. The van der Waals surface area contributed by atoms with Gasteiger partial charge < -0.3 is 4.42 Å². The monoisotopic (exact) mass is 314 g/mol. The van der Waals surface area contributed by atoms with E-state index in [-0.39, 0.29) is 22.7 Å². The van der Waals surface area contributed by atoms with Crippen LogP contribution in [0.25, 0.3) is 17.4 Å². The van der Waals surface area contributed by atoms with Crippen molar-refractivity contribution < 1.29 is 23.2 Å². The second-order valence-electron chi connectivity index (χ2n) is 4.86. The Morgan fingerprint density at radius 2 is 1.87 bits per heavy atom. The number of carbonyl (C=O) groups is 3. The molecule has 1 aliphatic rings. The van der Waals surface area contributed by atoms with Crippen LogP contribution in [0.2, 0.25) is 0 Å². The summed E-state index contributed by atoms with van der Waals surface area (Å²) in [6.07, 6.45) is 1.21. The van der Waals surface area contributed by atoms with Crippen molar-refractivity contribution in [2.75, 3.05) is 7.05 Å². The zero-order chi connectivity index (χ0) is 16.6. The van der Waals surface area contributed by atoms with Crippen LogP contribution < -0.4 is 5.32 Å². The molecule has 0 spiro atoms. The highest BCUT2D eigenvalue weighted by Gasteiger charge is 2.33. The Balaban J connectivity index is 1.95. The lowest BCUT2D eigenvalue weighted by Gasteiger charge is -2.21. The lowest BCUT2D eigenvalue weighted by atomic mass is 10.1. The molecule has 23 heavy (non-hydrogen) atoms. The van der Waals surface area contributed by atoms with Crippen molar-refractivity contribution in [1.82, 2.24) is 10.2 Å². The van der Waals surface area contributed by atoms with Crippen LogP contribution >= 0.6 is 0 Å². The van der Waals surface area contributed by atoms with Gasteiger partial charge in [0.2, 0.25) is 0 Å². The molecule has 1 fully saturated rings. The quantitative estimate of drug-likeness (QED) is 0.680. The number of likely N-dealkylation sites (N-methyl/N-ethyl adjacent to an activating group) is 1. The SMILES string of the molecule is CN1C(=O)NC(=O)/C(=C\c2ccc(-c3ccccc3F)o2)C1=O. The van der Waals surface area contributed by atoms with Crippen molar-refractivity contribution in [2.45, 2.75) is 0 Å². The average Bonchev–Trinajstić information content (AvgIpc) is 2.98. The summed E-state index contributed by atoms with van der Waals surface area (Å²) in [5, 5.41) is 2.03. The van der Waals surface area contributed by atoms with E-state index in [1.165, 1.54) is 31.3 Å². The molecule has 2 heterocycles. The first kappa shape index (κ1) is 14.7. The van der Waals surface area contributed by atoms with E-state index >= 15 is 0 Å². The molecule has 0 unspecified atom stereocenters. The van der Waals surface area contributed by atoms with Gasteiger partial charge in [0.15, 0.2) is 0 Å². The summed E-state index contributed by atoms with van der Waals surface area (Å²) in [7, 11) is 1.25. The minimum absolute atomic E-state index is 0.199. The Morgan fingerprint density at radius 3 is 2.61 bits per heavy atom. The van der Waals surface area contributed by atoms with Crippen molar-refractivity contribution in [1.29, 1.82) is 0 Å². The van der Waals surface area contributed by atoms with E-state index in [2.05, 4.69) is 0 Å². The number of rotatable bonds is 2. The third-order valence-corrected chi connectivity index (χ3v) is 3.36. The molecular weight excluding hydrogens is 303 g/mol. The van der Waals surface area contributed by atoms with Gasteiger partial charge in [-0.25, -0.2) is 9.18 Å². The lowest BCUT2D eigenvalue weighted by molar-refractivity contribution is -0.129. The second-order valence-corrected chi connectivity index (χ2v) is 4.86. The summed E-state index contributed by atoms with van der Waals surface area (Å²) >= 11 is 0. The Morgan fingerprint density at radius 1 is 1.13 bits per heavy atom. The first-order valence-corrected chi connectivity index (χ1v) is 6.67. The number of amides is 4. The maximum absolute atomic E-state index is 13.7. The van der Waals surface area contributed by atoms with Gasteiger partial charge in [0.25, 0.3) is 11.8 Å². The Hall–Kier alpha value is -3.22. The van der Waals surface area contributed by atoms with Gasteiger partial charge in [-0.3, -0.25) is 19.8 Å². The highest BCUT2D eigenvalue weighted by molar-refractivity contribution is 6.30. The molecule has 2 aromatic rings. The number of hydrogen-bond donors (Lipinski definition) is 1. The Labute approximate surface area is 130 Å². The summed E-state index contributed by atoms with van der Waals surface area (Å²) in [5.41, 5.74) is 0.0328. The molecule has 3 rings (SSSR count). The number of nitrogens with one attached hydrogen (secondary N) is 1. The molecular formula is C16H11FN2O4. The fraction of sp³-hybridized carbons (Fsp3) is 0.0625. The van der Waals surface area contributed by atoms with E-state index in [0.717, 1.165) is 4.90 Å². The minimum Gasteiger partial charge on any atom is -0.457 e. The number of carbonyl (C=O) groups excluding carboxylic acids is 3. The minimum atomic E-state index is -0.804. The van der Waals surface area contributed by atoms with Crippen LogP contribution in [0.4, 0.5) is 9.18 Å². The maximum atomic E-state index is 13.7. The molecule has 1 aromatic carbocycles. The number of nitrogens with zero attached hydrogens (tertiary/aromatic N) is 1. The van der Waals surface area contributed by atoms with Gasteiger partial charge >= 0.3 is 6.03 Å². The average molecular weight is 314 g/mol. The second kappa shape index (κ2) is 5.53. The predicted octanol–water partition coefficient (Wildman–Crippen LogP) is 2.18. The van der Waals surface area contributed by atoms with Gasteiger partial charge in [0, 0.05) is 7.05 Å². The molecule has 4 amide bonds. The molecule has 0 radical (unpaired) electrons. The van der Waals surface area contributed by atoms with Gasteiger partial charge in [-0.15, -0.1) is 0 Å². The van der Waals surface area contributed by atoms with Crippen molar-refractivity contribution in [2.24, 2.45) is 0 Å². The zero-order valence-corrected chi connectivity index (χ0v) is 12.0. The highest BCUT2D eigenvalue weighted by Crippen LogP contribution is 2.26. The predicted molar refractivity (Wildman–Crippen MR) is 78.4 cm³/mol. The van der Waals surface area contributed by atoms with E-state index in [0.29, 0.717) is 0 Å². The Kier molecular flexibility index (Phi) is 3.53. The zero-order valence-electron chi connectivity index (χ0n) is 12.0. The number of hydrogen-bond acceptors (Lipinski definition) is 4. The normalized spacial score (nSPS) is 16.9. The smallest absolute Gasteiger partial charge is 0.331 e. The van der Waals surface area contributed by atoms with Gasteiger partial charge in [-0.1, -0.05) is 12.1 Å². The number of barbiturate groups is 1. The van der Waals surface area contributed by atoms with Crippen LogP contribution in [0.15, 0.2) is 46.4 Å². The number of imide groups is 2. The Bertz CT molecular complexity index is 853. The van der Waals surface area contributed by atoms with E-state index in [1.807, 2.05) is 5.32 Å². The van der Waals surface area contributed by atoms with Crippen LogP contribution in [-0.4, -0.2) is 29.8 Å². The maximum Gasteiger partial charge on any atom is 0.331 e. The molecule has 0 saturated carbocycles. The number of benzene rings is 1. The molecule has 0 aliphatic carbocycles. The summed E-state index contributed by atoms with van der Waals surface area (Å²) in [5.74, 6) is -1.52. The number of halogens is 1. The van der Waals surface area contributed by atoms with E-state index < -0.39 is 23.7 Å². The molecule has 1 saturated heterocycles. The fourth-order valence-corrected chi connectivity index (χ4v) is 2.12. The molecule has 1 aliphatic heterocycles.